The lowest BCUT2D eigenvalue weighted by Gasteiger charge is -2.45. The molecule has 4 fully saturated rings. The maximum atomic E-state index is 12.1. The number of piperidine rings is 1. The molecule has 8 nitrogen and oxygen atoms in total. The van der Waals surface area contributed by atoms with Crippen LogP contribution in [0, 0.1) is 23.7 Å². The van der Waals surface area contributed by atoms with E-state index in [0.717, 1.165) is 64.3 Å². The third kappa shape index (κ3) is 9.95. The summed E-state index contributed by atoms with van der Waals surface area (Å²) in [4.78, 5) is 24.1. The molecule has 0 aromatic carbocycles. The SMILES string of the molecule is CC(=O)OC(CCC1CC(OC2CCCC2)C(O)CC1C1CCNC(N)C1)CC(CC1CCCCC1)OC(C)=O. The van der Waals surface area contributed by atoms with Crippen molar-refractivity contribution < 1.29 is 28.9 Å². The molecule has 0 amide bonds. The molecule has 1 heterocycles. The van der Waals surface area contributed by atoms with Crippen molar-refractivity contribution in [1.82, 2.24) is 5.32 Å². The number of hydrogen-bond acceptors (Lipinski definition) is 8. The summed E-state index contributed by atoms with van der Waals surface area (Å²) in [6.45, 7) is 3.85. The topological polar surface area (TPSA) is 120 Å². The largest absolute Gasteiger partial charge is 0.462 e. The van der Waals surface area contributed by atoms with Gasteiger partial charge < -0.3 is 30.4 Å². The first-order valence-electron chi connectivity index (χ1n) is 16.4. The smallest absolute Gasteiger partial charge is 0.302 e. The van der Waals surface area contributed by atoms with Crippen LogP contribution in [0.5, 0.6) is 0 Å². The van der Waals surface area contributed by atoms with E-state index in [9.17, 15) is 14.7 Å². The fraction of sp³-hybridized carbons (Fsp3) is 0.938. The number of carbonyl (C=O) groups is 2. The van der Waals surface area contributed by atoms with Crippen molar-refractivity contribution in [2.24, 2.45) is 29.4 Å². The number of aliphatic hydroxyl groups excluding tert-OH is 1. The van der Waals surface area contributed by atoms with E-state index in [0.29, 0.717) is 30.1 Å². The lowest BCUT2D eigenvalue weighted by atomic mass is 9.66. The molecule has 1 aliphatic heterocycles. The molecule has 0 radical (unpaired) electrons. The minimum atomic E-state index is -0.443. The van der Waals surface area contributed by atoms with Gasteiger partial charge in [-0.2, -0.15) is 0 Å². The summed E-state index contributed by atoms with van der Waals surface area (Å²) < 4.78 is 18.1. The Morgan fingerprint density at radius 3 is 2.25 bits per heavy atom. The van der Waals surface area contributed by atoms with Gasteiger partial charge in [-0.1, -0.05) is 44.9 Å². The van der Waals surface area contributed by atoms with Crippen molar-refractivity contribution in [2.75, 3.05) is 6.54 Å². The van der Waals surface area contributed by atoms with Gasteiger partial charge in [-0.15, -0.1) is 0 Å². The van der Waals surface area contributed by atoms with Gasteiger partial charge in [-0.25, -0.2) is 0 Å². The molecule has 1 saturated heterocycles. The number of nitrogens with two attached hydrogens (primary N) is 1. The van der Waals surface area contributed by atoms with Gasteiger partial charge in [0, 0.05) is 20.3 Å². The third-order valence-corrected chi connectivity index (χ3v) is 10.2. The van der Waals surface area contributed by atoms with Crippen LogP contribution >= 0.6 is 0 Å². The highest BCUT2D eigenvalue weighted by atomic mass is 16.6. The molecule has 4 aliphatic rings. The Kier molecular flexibility index (Phi) is 12.6. The predicted octanol–water partition coefficient (Wildman–Crippen LogP) is 4.99. The highest BCUT2D eigenvalue weighted by Gasteiger charge is 2.42. The Morgan fingerprint density at radius 2 is 1.57 bits per heavy atom. The zero-order valence-electron chi connectivity index (χ0n) is 25.1. The maximum absolute atomic E-state index is 12.1. The highest BCUT2D eigenvalue weighted by molar-refractivity contribution is 5.66. The lowest BCUT2D eigenvalue weighted by Crippen LogP contribution is -2.50. The minimum Gasteiger partial charge on any atom is -0.462 e. The molecule has 3 aliphatic carbocycles. The lowest BCUT2D eigenvalue weighted by molar-refractivity contribution is -0.154. The standard InChI is InChI=1S/C32H56N2O6/c1-21(35)38-27(19-28(39-22(2)36)16-23-8-4-3-5-9-23)13-12-24-17-31(40-26-10-6-7-11-26)30(37)20-29(24)25-14-15-34-32(33)18-25/h23-32,34,37H,3-20,33H2,1-2H3. The number of carbonyl (C=O) groups excluding carboxylic acids is 2. The summed E-state index contributed by atoms with van der Waals surface area (Å²) in [6.07, 6.45) is 16.5. The van der Waals surface area contributed by atoms with Crippen LogP contribution in [0.1, 0.15) is 123 Å². The van der Waals surface area contributed by atoms with E-state index in [1.807, 2.05) is 0 Å². The van der Waals surface area contributed by atoms with E-state index < -0.39 is 6.10 Å². The fourth-order valence-electron chi connectivity index (χ4n) is 8.33. The Hall–Kier alpha value is -1.22. The summed E-state index contributed by atoms with van der Waals surface area (Å²) in [5.41, 5.74) is 6.30. The van der Waals surface area contributed by atoms with Crippen molar-refractivity contribution in [3.05, 3.63) is 0 Å². The molecular weight excluding hydrogens is 508 g/mol. The molecule has 0 spiro atoms. The average molecular weight is 565 g/mol. The van der Waals surface area contributed by atoms with E-state index >= 15 is 0 Å². The molecule has 4 N–H and O–H groups in total. The van der Waals surface area contributed by atoms with Crippen LogP contribution in [0.25, 0.3) is 0 Å². The van der Waals surface area contributed by atoms with E-state index in [-0.39, 0.29) is 42.5 Å². The van der Waals surface area contributed by atoms with Gasteiger partial charge in [-0.05, 0) is 88.0 Å². The molecule has 230 valence electrons. The quantitative estimate of drug-likeness (QED) is 0.284. The average Bonchev–Trinajstić information content (AvgIpc) is 3.42. The van der Waals surface area contributed by atoms with Gasteiger partial charge in [0.15, 0.2) is 0 Å². The summed E-state index contributed by atoms with van der Waals surface area (Å²) in [5, 5.41) is 14.5. The van der Waals surface area contributed by atoms with Gasteiger partial charge in [-0.3, -0.25) is 9.59 Å². The molecule has 3 saturated carbocycles. The van der Waals surface area contributed by atoms with Crippen molar-refractivity contribution in [3.8, 4) is 0 Å². The monoisotopic (exact) mass is 564 g/mol. The van der Waals surface area contributed by atoms with Crippen LogP contribution in [0.4, 0.5) is 0 Å². The van der Waals surface area contributed by atoms with Gasteiger partial charge in [0.25, 0.3) is 0 Å². The summed E-state index contributed by atoms with van der Waals surface area (Å²) in [7, 11) is 0. The number of nitrogens with one attached hydrogen (secondary N) is 1. The van der Waals surface area contributed by atoms with Crippen molar-refractivity contribution in [3.63, 3.8) is 0 Å². The molecule has 40 heavy (non-hydrogen) atoms. The van der Waals surface area contributed by atoms with Crippen molar-refractivity contribution in [1.29, 1.82) is 0 Å². The third-order valence-electron chi connectivity index (χ3n) is 10.2. The first-order valence-corrected chi connectivity index (χ1v) is 16.4. The molecule has 8 heteroatoms. The van der Waals surface area contributed by atoms with Crippen molar-refractivity contribution in [2.45, 2.75) is 160 Å². The molecular formula is C32H56N2O6. The van der Waals surface area contributed by atoms with Crippen LogP contribution in [0.2, 0.25) is 0 Å². The maximum Gasteiger partial charge on any atom is 0.302 e. The normalized spacial score (nSPS) is 33.8. The summed E-state index contributed by atoms with van der Waals surface area (Å²) >= 11 is 0. The van der Waals surface area contributed by atoms with E-state index in [4.69, 9.17) is 19.9 Å². The number of esters is 2. The molecule has 8 atom stereocenters. The highest BCUT2D eigenvalue weighted by Crippen LogP contribution is 2.44. The number of rotatable bonds is 12. The zero-order chi connectivity index (χ0) is 28.5. The van der Waals surface area contributed by atoms with Crippen molar-refractivity contribution >= 4 is 11.9 Å². The second kappa shape index (κ2) is 15.9. The van der Waals surface area contributed by atoms with E-state index in [1.54, 1.807) is 0 Å². The van der Waals surface area contributed by atoms with Gasteiger partial charge in [0.1, 0.15) is 12.2 Å². The minimum absolute atomic E-state index is 0.00192. The van der Waals surface area contributed by atoms with E-state index in [1.165, 1.54) is 58.8 Å². The first kappa shape index (κ1) is 31.7. The molecule has 8 unspecified atom stereocenters. The number of ether oxygens (including phenoxy) is 3. The number of hydrogen-bond donors (Lipinski definition) is 3. The second-order valence-corrected chi connectivity index (χ2v) is 13.4. The molecule has 4 rings (SSSR count). The van der Waals surface area contributed by atoms with Gasteiger partial charge in [0.05, 0.1) is 24.5 Å². The van der Waals surface area contributed by atoms with E-state index in [2.05, 4.69) is 5.32 Å². The fourth-order valence-corrected chi connectivity index (χ4v) is 8.33. The summed E-state index contributed by atoms with van der Waals surface area (Å²) in [5.74, 6) is 1.22. The molecule has 0 aromatic heterocycles. The Labute approximate surface area is 241 Å². The Bertz CT molecular complexity index is 783. The molecule has 0 aromatic rings. The molecule has 0 bridgehead atoms. The van der Waals surface area contributed by atoms with Crippen LogP contribution in [-0.4, -0.2) is 60.3 Å². The van der Waals surface area contributed by atoms with Crippen LogP contribution < -0.4 is 11.1 Å². The van der Waals surface area contributed by atoms with Gasteiger partial charge in [0.2, 0.25) is 0 Å². The number of aliphatic hydroxyl groups is 1. The van der Waals surface area contributed by atoms with Crippen LogP contribution in [-0.2, 0) is 23.8 Å². The summed E-state index contributed by atoms with van der Waals surface area (Å²) in [6, 6.07) is 0. The van der Waals surface area contributed by atoms with Crippen LogP contribution in [0.15, 0.2) is 0 Å². The zero-order valence-corrected chi connectivity index (χ0v) is 25.1. The van der Waals surface area contributed by atoms with Crippen LogP contribution in [0.3, 0.4) is 0 Å². The predicted molar refractivity (Wildman–Crippen MR) is 154 cm³/mol. The Balaban J connectivity index is 1.43. The first-order chi connectivity index (χ1) is 19.3. The Morgan fingerprint density at radius 1 is 0.900 bits per heavy atom. The van der Waals surface area contributed by atoms with Gasteiger partial charge >= 0.3 is 11.9 Å². The second-order valence-electron chi connectivity index (χ2n) is 13.4.